The highest BCUT2D eigenvalue weighted by Crippen LogP contribution is 2.34. The van der Waals surface area contributed by atoms with Crippen LogP contribution in [0.4, 0.5) is 22.0 Å². The van der Waals surface area contributed by atoms with E-state index in [9.17, 15) is 31.5 Å². The van der Waals surface area contributed by atoms with Crippen LogP contribution in [0.1, 0.15) is 28.0 Å². The lowest BCUT2D eigenvalue weighted by Gasteiger charge is -2.12. The number of carbonyl (C=O) groups is 1. The fraction of sp³-hybridized carbons (Fsp3) is 0.250. The van der Waals surface area contributed by atoms with Gasteiger partial charge in [0.15, 0.2) is 0 Å². The van der Waals surface area contributed by atoms with Crippen LogP contribution in [0.5, 0.6) is 0 Å². The van der Waals surface area contributed by atoms with Crippen molar-refractivity contribution in [3.05, 3.63) is 33.2 Å². The Morgan fingerprint density at radius 3 is 2.24 bits per heavy atom. The Labute approximate surface area is 89.7 Å². The van der Waals surface area contributed by atoms with E-state index in [4.69, 9.17) is 5.11 Å². The van der Waals surface area contributed by atoms with Crippen LogP contribution in [-0.2, 0) is 6.18 Å². The summed E-state index contributed by atoms with van der Waals surface area (Å²) in [7, 11) is 0. The monoisotopic (exact) mass is 257 g/mol. The highest BCUT2D eigenvalue weighted by molar-refractivity contribution is 5.87. The molecular weight excluding hydrogens is 253 g/mol. The van der Waals surface area contributed by atoms with Crippen LogP contribution in [0.25, 0.3) is 0 Å². The second kappa shape index (κ2) is 4.15. The Morgan fingerprint density at radius 1 is 1.35 bits per heavy atom. The van der Waals surface area contributed by atoms with Crippen molar-refractivity contribution in [1.82, 2.24) is 4.98 Å². The molecule has 1 aromatic heterocycles. The average Bonchev–Trinajstić information content (AvgIpc) is 2.14. The summed E-state index contributed by atoms with van der Waals surface area (Å²) in [6.45, 7) is 0. The average molecular weight is 257 g/mol. The maximum absolute atomic E-state index is 12.3. The van der Waals surface area contributed by atoms with Gasteiger partial charge in [-0.3, -0.25) is 4.79 Å². The first-order chi connectivity index (χ1) is 7.64. The molecule has 0 aliphatic carbocycles. The van der Waals surface area contributed by atoms with Gasteiger partial charge in [0, 0.05) is 0 Å². The molecule has 0 bridgehead atoms. The van der Waals surface area contributed by atoms with Gasteiger partial charge < -0.3 is 10.1 Å². The van der Waals surface area contributed by atoms with Gasteiger partial charge in [0.2, 0.25) is 0 Å². The molecule has 0 spiro atoms. The molecule has 0 aliphatic rings. The van der Waals surface area contributed by atoms with Crippen molar-refractivity contribution >= 4 is 5.97 Å². The van der Waals surface area contributed by atoms with Crippen molar-refractivity contribution in [2.24, 2.45) is 0 Å². The van der Waals surface area contributed by atoms with E-state index in [0.717, 1.165) is 0 Å². The van der Waals surface area contributed by atoms with Crippen LogP contribution < -0.4 is 5.56 Å². The molecule has 2 N–H and O–H groups in total. The minimum absolute atomic E-state index is 0.108. The largest absolute Gasteiger partial charge is 0.477 e. The number of H-pyrrole nitrogens is 1. The third-order valence-electron chi connectivity index (χ3n) is 1.83. The van der Waals surface area contributed by atoms with Crippen molar-refractivity contribution in [3.8, 4) is 0 Å². The van der Waals surface area contributed by atoms with Crippen molar-refractivity contribution < 1.29 is 31.9 Å². The van der Waals surface area contributed by atoms with Crippen molar-refractivity contribution in [2.75, 3.05) is 0 Å². The molecule has 1 heterocycles. The fourth-order valence-corrected chi connectivity index (χ4v) is 1.11. The first-order valence-corrected chi connectivity index (χ1v) is 4.00. The summed E-state index contributed by atoms with van der Waals surface area (Å²) in [6, 6.07) is -0.108. The Balaban J connectivity index is 3.60. The summed E-state index contributed by atoms with van der Waals surface area (Å²) in [6.07, 6.45) is -8.75. The summed E-state index contributed by atoms with van der Waals surface area (Å²) in [5.74, 6) is -1.93. The zero-order valence-electron chi connectivity index (χ0n) is 7.81. The minimum atomic E-state index is -5.18. The van der Waals surface area contributed by atoms with E-state index in [2.05, 4.69) is 0 Å². The lowest BCUT2D eigenvalue weighted by atomic mass is 10.1. The van der Waals surface area contributed by atoms with Gasteiger partial charge in [0.25, 0.3) is 12.0 Å². The second-order valence-electron chi connectivity index (χ2n) is 2.94. The van der Waals surface area contributed by atoms with E-state index < -0.39 is 41.0 Å². The third-order valence-corrected chi connectivity index (χ3v) is 1.83. The Hall–Kier alpha value is -1.93. The van der Waals surface area contributed by atoms with E-state index in [-0.39, 0.29) is 6.07 Å². The number of halogens is 5. The molecule has 0 unspecified atom stereocenters. The number of aromatic nitrogens is 1. The SMILES string of the molecule is O=C(O)c1cc(C(F)(F)F)c(C(F)F)[nH]c1=O. The smallest absolute Gasteiger partial charge is 0.418 e. The maximum atomic E-state index is 12.3. The van der Waals surface area contributed by atoms with Gasteiger partial charge >= 0.3 is 12.1 Å². The lowest BCUT2D eigenvalue weighted by molar-refractivity contribution is -0.140. The first kappa shape index (κ1) is 13.1. The summed E-state index contributed by atoms with van der Waals surface area (Å²) >= 11 is 0. The molecule has 0 atom stereocenters. The molecule has 0 fully saturated rings. The van der Waals surface area contributed by atoms with Crippen LogP contribution in [0.15, 0.2) is 10.9 Å². The van der Waals surface area contributed by atoms with Gasteiger partial charge in [-0.05, 0) is 6.07 Å². The molecule has 1 rings (SSSR count). The minimum Gasteiger partial charge on any atom is -0.477 e. The van der Waals surface area contributed by atoms with Crippen LogP contribution in [0.3, 0.4) is 0 Å². The number of aromatic carboxylic acids is 1. The summed E-state index contributed by atoms with van der Waals surface area (Å²) in [5.41, 5.74) is -6.28. The number of hydrogen-bond donors (Lipinski definition) is 2. The zero-order chi connectivity index (χ0) is 13.4. The molecule has 1 aromatic rings. The standard InChI is InChI=1S/C8H4F5NO3/c9-5(10)4-3(8(11,12)13)1-2(7(16)17)6(15)14-4/h1,5H,(H,14,15)(H,16,17). The van der Waals surface area contributed by atoms with E-state index in [0.29, 0.717) is 0 Å². The number of carboxylic acids is 1. The van der Waals surface area contributed by atoms with Crippen LogP contribution >= 0.6 is 0 Å². The van der Waals surface area contributed by atoms with Crippen LogP contribution in [0, 0.1) is 0 Å². The van der Waals surface area contributed by atoms with Crippen LogP contribution in [0.2, 0.25) is 0 Å². The normalized spacial score (nSPS) is 11.9. The van der Waals surface area contributed by atoms with Gasteiger partial charge in [-0.15, -0.1) is 0 Å². The maximum Gasteiger partial charge on any atom is 0.418 e. The van der Waals surface area contributed by atoms with Gasteiger partial charge in [-0.1, -0.05) is 0 Å². The predicted molar refractivity (Wildman–Crippen MR) is 44.0 cm³/mol. The molecule has 17 heavy (non-hydrogen) atoms. The Morgan fingerprint density at radius 2 is 1.88 bits per heavy atom. The number of rotatable bonds is 2. The number of hydrogen-bond acceptors (Lipinski definition) is 2. The van der Waals surface area contributed by atoms with E-state index in [1.54, 1.807) is 0 Å². The zero-order valence-corrected chi connectivity index (χ0v) is 7.81. The van der Waals surface area contributed by atoms with Crippen molar-refractivity contribution in [1.29, 1.82) is 0 Å². The van der Waals surface area contributed by atoms with E-state index in [1.165, 1.54) is 4.98 Å². The highest BCUT2D eigenvalue weighted by atomic mass is 19.4. The highest BCUT2D eigenvalue weighted by Gasteiger charge is 2.37. The summed E-state index contributed by atoms with van der Waals surface area (Å²) in [4.78, 5) is 22.6. The van der Waals surface area contributed by atoms with Crippen molar-refractivity contribution in [3.63, 3.8) is 0 Å². The second-order valence-corrected chi connectivity index (χ2v) is 2.94. The quantitative estimate of drug-likeness (QED) is 0.796. The molecule has 4 nitrogen and oxygen atoms in total. The number of alkyl halides is 5. The number of aromatic amines is 1. The third kappa shape index (κ3) is 2.60. The Kier molecular flexibility index (Phi) is 3.21. The number of nitrogens with one attached hydrogen (secondary N) is 1. The molecule has 0 saturated carbocycles. The molecule has 94 valence electrons. The van der Waals surface area contributed by atoms with Gasteiger partial charge in [0.05, 0.1) is 11.3 Å². The number of pyridine rings is 1. The first-order valence-electron chi connectivity index (χ1n) is 4.00. The molecule has 0 aromatic carbocycles. The molecular formula is C8H4F5NO3. The predicted octanol–water partition coefficient (Wildman–Crippen LogP) is 2.03. The summed E-state index contributed by atoms with van der Waals surface area (Å²) in [5, 5.41) is 8.41. The topological polar surface area (TPSA) is 70.2 Å². The molecule has 0 aliphatic heterocycles. The van der Waals surface area contributed by atoms with E-state index in [1.807, 2.05) is 0 Å². The molecule has 0 radical (unpaired) electrons. The molecule has 0 amide bonds. The molecule has 0 saturated heterocycles. The van der Waals surface area contributed by atoms with Crippen LogP contribution in [-0.4, -0.2) is 16.1 Å². The van der Waals surface area contributed by atoms with E-state index >= 15 is 0 Å². The van der Waals surface area contributed by atoms with Gasteiger partial charge in [0.1, 0.15) is 5.56 Å². The Bertz CT molecular complexity index is 505. The van der Waals surface area contributed by atoms with Gasteiger partial charge in [-0.25, -0.2) is 13.6 Å². The number of carboxylic acid groups (broad SMARTS) is 1. The van der Waals surface area contributed by atoms with Crippen molar-refractivity contribution in [2.45, 2.75) is 12.6 Å². The fourth-order valence-electron chi connectivity index (χ4n) is 1.11. The summed E-state index contributed by atoms with van der Waals surface area (Å²) < 4.78 is 61.5. The molecule has 9 heteroatoms. The lowest BCUT2D eigenvalue weighted by Crippen LogP contribution is -2.23. The van der Waals surface area contributed by atoms with Gasteiger partial charge in [-0.2, -0.15) is 13.2 Å².